The molecule has 6 nitrogen and oxygen atoms in total. The first kappa shape index (κ1) is 17.5. The number of aryl methyl sites for hydroxylation is 2. The van der Waals surface area contributed by atoms with Crippen molar-refractivity contribution in [1.82, 2.24) is 14.7 Å². The number of morpholine rings is 1. The molecule has 0 N–H and O–H groups in total. The molecule has 1 amide bonds. The summed E-state index contributed by atoms with van der Waals surface area (Å²) in [5, 5.41) is 4.36. The number of rotatable bonds is 4. The van der Waals surface area contributed by atoms with Gasteiger partial charge < -0.3 is 14.4 Å². The molecule has 2 unspecified atom stereocenters. The van der Waals surface area contributed by atoms with Crippen molar-refractivity contribution in [3.05, 3.63) is 47.3 Å². The molecule has 2 atom stereocenters. The van der Waals surface area contributed by atoms with Crippen molar-refractivity contribution in [2.45, 2.75) is 46.6 Å². The Morgan fingerprint density at radius 2 is 1.84 bits per heavy atom. The number of hydrogen-bond acceptors (Lipinski definition) is 4. The molecule has 0 spiro atoms. The van der Waals surface area contributed by atoms with Gasteiger partial charge in [0.05, 0.1) is 12.2 Å². The van der Waals surface area contributed by atoms with Crippen LogP contribution in [-0.4, -0.2) is 45.9 Å². The monoisotopic (exact) mass is 343 g/mol. The summed E-state index contributed by atoms with van der Waals surface area (Å²) in [5.41, 5.74) is 2.74. The Kier molecular flexibility index (Phi) is 5.08. The minimum atomic E-state index is -0.0628. The standard InChI is InChI=1S/C19H25N3O3/c1-13-7-14(2)9-17(8-13)24-12-22-6-5-18(20-22)19(23)21-10-15(3)25-16(4)11-21/h5-9,15-16H,10-12H2,1-4H3. The first-order valence-electron chi connectivity index (χ1n) is 8.60. The average Bonchev–Trinajstić information content (AvgIpc) is 2.99. The molecule has 6 heteroatoms. The Hall–Kier alpha value is -2.34. The highest BCUT2D eigenvalue weighted by molar-refractivity contribution is 5.92. The number of hydrogen-bond donors (Lipinski definition) is 0. The zero-order valence-electron chi connectivity index (χ0n) is 15.2. The molecule has 1 aromatic heterocycles. The van der Waals surface area contributed by atoms with Crippen LogP contribution in [0.4, 0.5) is 0 Å². The van der Waals surface area contributed by atoms with Gasteiger partial charge in [0.25, 0.3) is 5.91 Å². The van der Waals surface area contributed by atoms with Gasteiger partial charge in [-0.3, -0.25) is 4.79 Å². The summed E-state index contributed by atoms with van der Waals surface area (Å²) in [6.07, 6.45) is 1.86. The van der Waals surface area contributed by atoms with Crippen molar-refractivity contribution in [1.29, 1.82) is 0 Å². The maximum atomic E-state index is 12.6. The van der Waals surface area contributed by atoms with E-state index in [4.69, 9.17) is 9.47 Å². The van der Waals surface area contributed by atoms with Crippen LogP contribution in [0, 0.1) is 13.8 Å². The van der Waals surface area contributed by atoms with Crippen LogP contribution in [0.25, 0.3) is 0 Å². The van der Waals surface area contributed by atoms with Crippen LogP contribution in [0.3, 0.4) is 0 Å². The van der Waals surface area contributed by atoms with Crippen LogP contribution in [0.1, 0.15) is 35.5 Å². The van der Waals surface area contributed by atoms with E-state index in [1.165, 1.54) is 0 Å². The van der Waals surface area contributed by atoms with Gasteiger partial charge in [0.1, 0.15) is 5.75 Å². The van der Waals surface area contributed by atoms with E-state index in [9.17, 15) is 4.79 Å². The lowest BCUT2D eigenvalue weighted by molar-refractivity contribution is -0.0587. The topological polar surface area (TPSA) is 56.6 Å². The number of aromatic nitrogens is 2. The number of amides is 1. The second-order valence-electron chi connectivity index (χ2n) is 6.80. The van der Waals surface area contributed by atoms with Gasteiger partial charge in [-0.05, 0) is 57.0 Å². The summed E-state index contributed by atoms with van der Waals surface area (Å²) in [7, 11) is 0. The largest absolute Gasteiger partial charge is 0.471 e. The predicted molar refractivity (Wildman–Crippen MR) is 94.7 cm³/mol. The molecular formula is C19H25N3O3. The molecule has 2 heterocycles. The fourth-order valence-corrected chi connectivity index (χ4v) is 3.21. The van der Waals surface area contributed by atoms with Crippen LogP contribution in [-0.2, 0) is 11.5 Å². The molecule has 1 aromatic carbocycles. The van der Waals surface area contributed by atoms with Crippen LogP contribution in [0.15, 0.2) is 30.5 Å². The second-order valence-corrected chi connectivity index (χ2v) is 6.80. The Bertz CT molecular complexity index is 726. The van der Waals surface area contributed by atoms with Gasteiger partial charge in [-0.1, -0.05) is 6.07 Å². The lowest BCUT2D eigenvalue weighted by Crippen LogP contribution is -2.48. The zero-order chi connectivity index (χ0) is 18.0. The van der Waals surface area contributed by atoms with E-state index < -0.39 is 0 Å². The maximum Gasteiger partial charge on any atom is 0.274 e. The fraction of sp³-hybridized carbons (Fsp3) is 0.474. The highest BCUT2D eigenvalue weighted by Crippen LogP contribution is 2.17. The molecular weight excluding hydrogens is 318 g/mol. The SMILES string of the molecule is Cc1cc(C)cc(OCn2ccc(C(=O)N3CC(C)OC(C)C3)n2)c1. The highest BCUT2D eigenvalue weighted by Gasteiger charge is 2.27. The normalized spacial score (nSPS) is 20.6. The van der Waals surface area contributed by atoms with Gasteiger partial charge in [-0.15, -0.1) is 0 Å². The molecule has 2 aromatic rings. The molecule has 1 aliphatic rings. The highest BCUT2D eigenvalue weighted by atomic mass is 16.5. The van der Waals surface area contributed by atoms with E-state index in [2.05, 4.69) is 11.2 Å². The van der Waals surface area contributed by atoms with Crippen LogP contribution in [0.2, 0.25) is 0 Å². The lowest BCUT2D eigenvalue weighted by atomic mass is 10.1. The van der Waals surface area contributed by atoms with Crippen molar-refractivity contribution in [2.24, 2.45) is 0 Å². The van der Waals surface area contributed by atoms with Gasteiger partial charge in [-0.25, -0.2) is 4.68 Å². The van der Waals surface area contributed by atoms with Crippen LogP contribution in [0.5, 0.6) is 5.75 Å². The van der Waals surface area contributed by atoms with E-state index in [1.54, 1.807) is 21.8 Å². The third-order valence-electron chi connectivity index (χ3n) is 4.13. The molecule has 134 valence electrons. The fourth-order valence-electron chi connectivity index (χ4n) is 3.21. The summed E-state index contributed by atoms with van der Waals surface area (Å²) in [4.78, 5) is 14.4. The van der Waals surface area contributed by atoms with Crippen molar-refractivity contribution in [2.75, 3.05) is 13.1 Å². The Labute approximate surface area is 148 Å². The predicted octanol–water partition coefficient (Wildman–Crippen LogP) is 2.79. The quantitative estimate of drug-likeness (QED) is 0.857. The minimum absolute atomic E-state index is 0.0441. The first-order valence-corrected chi connectivity index (χ1v) is 8.60. The lowest BCUT2D eigenvalue weighted by Gasteiger charge is -2.34. The number of ether oxygens (including phenoxy) is 2. The van der Waals surface area contributed by atoms with Crippen molar-refractivity contribution in [3.8, 4) is 5.75 Å². The maximum absolute atomic E-state index is 12.6. The third-order valence-corrected chi connectivity index (χ3v) is 4.13. The van der Waals surface area contributed by atoms with Crippen molar-refractivity contribution in [3.63, 3.8) is 0 Å². The average molecular weight is 343 g/mol. The van der Waals surface area contributed by atoms with Gasteiger partial charge in [0.2, 0.25) is 0 Å². The van der Waals surface area contributed by atoms with E-state index in [0.717, 1.165) is 16.9 Å². The van der Waals surface area contributed by atoms with E-state index in [-0.39, 0.29) is 24.8 Å². The first-order chi connectivity index (χ1) is 11.9. The number of nitrogens with zero attached hydrogens (tertiary/aromatic N) is 3. The molecule has 0 aliphatic carbocycles. The molecule has 1 saturated heterocycles. The van der Waals surface area contributed by atoms with E-state index >= 15 is 0 Å². The molecule has 0 radical (unpaired) electrons. The van der Waals surface area contributed by atoms with Gasteiger partial charge >= 0.3 is 0 Å². The summed E-state index contributed by atoms with van der Waals surface area (Å²) in [5.74, 6) is 0.740. The van der Waals surface area contributed by atoms with E-state index in [0.29, 0.717) is 18.8 Å². The van der Waals surface area contributed by atoms with Gasteiger partial charge in [0, 0.05) is 19.3 Å². The van der Waals surface area contributed by atoms with Crippen molar-refractivity contribution < 1.29 is 14.3 Å². The summed E-state index contributed by atoms with van der Waals surface area (Å²) in [6.45, 7) is 9.48. The zero-order valence-corrected chi connectivity index (χ0v) is 15.2. The molecule has 0 saturated carbocycles. The molecule has 3 rings (SSSR count). The minimum Gasteiger partial charge on any atom is -0.471 e. The molecule has 1 aliphatic heterocycles. The Morgan fingerprint density at radius 1 is 1.20 bits per heavy atom. The van der Waals surface area contributed by atoms with Crippen molar-refractivity contribution >= 4 is 5.91 Å². The third kappa shape index (κ3) is 4.39. The van der Waals surface area contributed by atoms with Crippen LogP contribution < -0.4 is 4.74 Å². The summed E-state index contributed by atoms with van der Waals surface area (Å²) in [6, 6.07) is 7.80. The molecule has 0 bridgehead atoms. The summed E-state index contributed by atoms with van der Waals surface area (Å²) < 4.78 is 13.1. The summed E-state index contributed by atoms with van der Waals surface area (Å²) >= 11 is 0. The number of carbonyl (C=O) groups excluding carboxylic acids is 1. The van der Waals surface area contributed by atoms with Crippen LogP contribution >= 0.6 is 0 Å². The second kappa shape index (κ2) is 7.27. The van der Waals surface area contributed by atoms with Gasteiger partial charge in [-0.2, -0.15) is 5.10 Å². The van der Waals surface area contributed by atoms with Gasteiger partial charge in [0.15, 0.2) is 12.4 Å². The Morgan fingerprint density at radius 3 is 2.48 bits per heavy atom. The Balaban J connectivity index is 1.62. The molecule has 25 heavy (non-hydrogen) atoms. The number of benzene rings is 1. The number of carbonyl (C=O) groups is 1. The molecule has 1 fully saturated rings. The van der Waals surface area contributed by atoms with E-state index in [1.807, 2.05) is 39.8 Å². The smallest absolute Gasteiger partial charge is 0.274 e.